The number of carbonyl (C=O) groups excluding carboxylic acids is 1. The highest BCUT2D eigenvalue weighted by molar-refractivity contribution is 5.97. The fourth-order valence-corrected chi connectivity index (χ4v) is 2.51. The van der Waals surface area contributed by atoms with Gasteiger partial charge in [-0.25, -0.2) is 4.98 Å². The van der Waals surface area contributed by atoms with Crippen LogP contribution in [0.5, 0.6) is 0 Å². The number of carbonyl (C=O) groups is 1. The number of fused-ring (bicyclic) bond motifs is 1. The number of aliphatic hydroxyl groups excluding tert-OH is 1. The van der Waals surface area contributed by atoms with E-state index in [-0.39, 0.29) is 18.9 Å². The Morgan fingerprint density at radius 3 is 2.61 bits per heavy atom. The molecule has 0 saturated heterocycles. The summed E-state index contributed by atoms with van der Waals surface area (Å²) >= 11 is 0. The van der Waals surface area contributed by atoms with Crippen molar-refractivity contribution in [3.63, 3.8) is 0 Å². The largest absolute Gasteiger partial charge is 0.396 e. The molecule has 0 unspecified atom stereocenters. The fourth-order valence-electron chi connectivity index (χ4n) is 2.51. The molecule has 1 heterocycles. The third-order valence-electron chi connectivity index (χ3n) is 3.67. The van der Waals surface area contributed by atoms with E-state index in [9.17, 15) is 4.79 Å². The number of hydrogen-bond donors (Lipinski definition) is 2. The summed E-state index contributed by atoms with van der Waals surface area (Å²) in [6.07, 6.45) is 0.635. The van der Waals surface area contributed by atoms with E-state index in [0.29, 0.717) is 24.5 Å². The van der Waals surface area contributed by atoms with Crippen LogP contribution in [0.25, 0.3) is 11.0 Å². The second kappa shape index (κ2) is 7.07. The monoisotopic (exact) mass is 309 g/mol. The summed E-state index contributed by atoms with van der Waals surface area (Å²) < 4.78 is 1.89. The first-order valence-corrected chi connectivity index (χ1v) is 7.68. The molecule has 0 fully saturated rings. The third-order valence-corrected chi connectivity index (χ3v) is 3.67. The number of hydrogen-bond acceptors (Lipinski definition) is 4. The van der Waals surface area contributed by atoms with Gasteiger partial charge in [-0.05, 0) is 18.6 Å². The first kappa shape index (κ1) is 15.2. The minimum atomic E-state index is 0.0407. The molecule has 3 rings (SSSR count). The van der Waals surface area contributed by atoms with Gasteiger partial charge in [0.05, 0.1) is 17.6 Å². The van der Waals surface area contributed by atoms with Crippen LogP contribution in [-0.2, 0) is 6.54 Å². The zero-order valence-electron chi connectivity index (χ0n) is 12.8. The second-order valence-corrected chi connectivity index (χ2v) is 5.30. The van der Waals surface area contributed by atoms with Crippen LogP contribution < -0.4 is 5.32 Å². The van der Waals surface area contributed by atoms with Crippen LogP contribution in [0.3, 0.4) is 0 Å². The maximum atomic E-state index is 12.5. The Bertz CT molecular complexity index is 796. The predicted octanol–water partition coefficient (Wildman–Crippen LogP) is 2.71. The first-order valence-electron chi connectivity index (χ1n) is 7.68. The first-order chi connectivity index (χ1) is 11.3. The summed E-state index contributed by atoms with van der Waals surface area (Å²) in [4.78, 5) is 17.1. The second-order valence-electron chi connectivity index (χ2n) is 5.30. The standard InChI is InChI=1S/C18H19N3O2/c22-12-6-11-19-18-20-15-9-4-5-10-16(15)21(18)13-17(23)14-7-2-1-3-8-14/h1-5,7-10,22H,6,11-13H2,(H,19,20). The number of aliphatic hydroxyl groups is 1. The molecule has 0 spiro atoms. The van der Waals surface area contributed by atoms with Gasteiger partial charge in [-0.2, -0.15) is 0 Å². The number of imidazole rings is 1. The Kier molecular flexibility index (Phi) is 4.68. The van der Waals surface area contributed by atoms with Gasteiger partial charge in [-0.15, -0.1) is 0 Å². The molecule has 0 aliphatic rings. The number of aromatic nitrogens is 2. The Hall–Kier alpha value is -2.66. The number of nitrogens with zero attached hydrogens (tertiary/aromatic N) is 2. The van der Waals surface area contributed by atoms with Crippen LogP contribution >= 0.6 is 0 Å². The van der Waals surface area contributed by atoms with Crippen LogP contribution in [0.2, 0.25) is 0 Å². The van der Waals surface area contributed by atoms with Crippen LogP contribution in [0, 0.1) is 0 Å². The molecule has 0 bridgehead atoms. The van der Waals surface area contributed by atoms with Crippen molar-refractivity contribution in [2.24, 2.45) is 0 Å². The average Bonchev–Trinajstić information content (AvgIpc) is 2.94. The highest BCUT2D eigenvalue weighted by Crippen LogP contribution is 2.20. The molecule has 23 heavy (non-hydrogen) atoms. The lowest BCUT2D eigenvalue weighted by Crippen LogP contribution is -2.15. The number of para-hydroxylation sites is 2. The van der Waals surface area contributed by atoms with Gasteiger partial charge >= 0.3 is 0 Å². The summed E-state index contributed by atoms with van der Waals surface area (Å²) in [7, 11) is 0. The van der Waals surface area contributed by atoms with E-state index < -0.39 is 0 Å². The van der Waals surface area contributed by atoms with Gasteiger partial charge in [0, 0.05) is 18.7 Å². The Balaban J connectivity index is 1.91. The molecule has 0 aliphatic heterocycles. The normalized spacial score (nSPS) is 10.8. The molecule has 0 radical (unpaired) electrons. The number of Topliss-reactive ketones (excluding diaryl/α,β-unsaturated/α-hetero) is 1. The quantitative estimate of drug-likeness (QED) is 0.520. The molecule has 3 aromatic rings. The topological polar surface area (TPSA) is 67.2 Å². The van der Waals surface area contributed by atoms with Gasteiger partial charge < -0.3 is 15.0 Å². The summed E-state index contributed by atoms with van der Waals surface area (Å²) in [5.74, 6) is 0.697. The Labute approximate surface area is 134 Å². The van der Waals surface area contributed by atoms with Crippen molar-refractivity contribution < 1.29 is 9.90 Å². The number of anilines is 1. The highest BCUT2D eigenvalue weighted by atomic mass is 16.3. The van der Waals surface area contributed by atoms with E-state index in [2.05, 4.69) is 10.3 Å². The molecule has 5 heteroatoms. The SMILES string of the molecule is O=C(Cn1c(NCCCO)nc2ccccc21)c1ccccc1. The van der Waals surface area contributed by atoms with Gasteiger partial charge in [-0.3, -0.25) is 4.79 Å². The molecule has 2 N–H and O–H groups in total. The van der Waals surface area contributed by atoms with E-state index in [1.165, 1.54) is 0 Å². The number of nitrogens with one attached hydrogen (secondary N) is 1. The molecule has 0 aliphatic carbocycles. The lowest BCUT2D eigenvalue weighted by Gasteiger charge is -2.10. The van der Waals surface area contributed by atoms with Crippen LogP contribution in [-0.4, -0.2) is 33.6 Å². The van der Waals surface area contributed by atoms with E-state index in [1.54, 1.807) is 0 Å². The third kappa shape index (κ3) is 3.40. The van der Waals surface area contributed by atoms with E-state index in [4.69, 9.17) is 5.11 Å². The molecule has 118 valence electrons. The Morgan fingerprint density at radius 2 is 1.83 bits per heavy atom. The molecular weight excluding hydrogens is 290 g/mol. The maximum absolute atomic E-state index is 12.5. The van der Waals surface area contributed by atoms with Crippen LogP contribution in [0.4, 0.5) is 5.95 Å². The lowest BCUT2D eigenvalue weighted by molar-refractivity contribution is 0.0974. The summed E-state index contributed by atoms with van der Waals surface area (Å²) in [5, 5.41) is 12.1. The maximum Gasteiger partial charge on any atom is 0.204 e. The van der Waals surface area contributed by atoms with Gasteiger partial charge in [0.15, 0.2) is 5.78 Å². The number of benzene rings is 2. The van der Waals surface area contributed by atoms with Crippen molar-refractivity contribution >= 4 is 22.8 Å². The van der Waals surface area contributed by atoms with E-state index >= 15 is 0 Å². The smallest absolute Gasteiger partial charge is 0.204 e. The van der Waals surface area contributed by atoms with E-state index in [1.807, 2.05) is 59.2 Å². The van der Waals surface area contributed by atoms with Crippen LogP contribution in [0.15, 0.2) is 54.6 Å². The molecular formula is C18H19N3O2. The molecule has 0 saturated carbocycles. The minimum Gasteiger partial charge on any atom is -0.396 e. The zero-order valence-corrected chi connectivity index (χ0v) is 12.8. The average molecular weight is 309 g/mol. The highest BCUT2D eigenvalue weighted by Gasteiger charge is 2.14. The molecule has 1 aromatic heterocycles. The van der Waals surface area contributed by atoms with E-state index in [0.717, 1.165) is 11.0 Å². The summed E-state index contributed by atoms with van der Waals surface area (Å²) in [6.45, 7) is 0.960. The van der Waals surface area contributed by atoms with Crippen molar-refractivity contribution in [1.29, 1.82) is 0 Å². The number of rotatable bonds is 7. The molecule has 2 aromatic carbocycles. The van der Waals surface area contributed by atoms with Gasteiger partial charge in [0.2, 0.25) is 5.95 Å². The number of ketones is 1. The van der Waals surface area contributed by atoms with Crippen LogP contribution in [0.1, 0.15) is 16.8 Å². The van der Waals surface area contributed by atoms with Crippen molar-refractivity contribution in [1.82, 2.24) is 9.55 Å². The van der Waals surface area contributed by atoms with Gasteiger partial charge in [0.1, 0.15) is 0 Å². The van der Waals surface area contributed by atoms with Gasteiger partial charge in [0.25, 0.3) is 0 Å². The Morgan fingerprint density at radius 1 is 1.09 bits per heavy atom. The lowest BCUT2D eigenvalue weighted by atomic mass is 10.1. The summed E-state index contributed by atoms with van der Waals surface area (Å²) in [6, 6.07) is 17.0. The summed E-state index contributed by atoms with van der Waals surface area (Å²) in [5.41, 5.74) is 2.45. The molecule has 5 nitrogen and oxygen atoms in total. The van der Waals surface area contributed by atoms with Crippen molar-refractivity contribution in [2.45, 2.75) is 13.0 Å². The predicted molar refractivity (Wildman–Crippen MR) is 90.7 cm³/mol. The van der Waals surface area contributed by atoms with Crippen molar-refractivity contribution in [2.75, 3.05) is 18.5 Å². The fraction of sp³-hybridized carbons (Fsp3) is 0.222. The zero-order chi connectivity index (χ0) is 16.1. The van der Waals surface area contributed by atoms with Crippen molar-refractivity contribution in [3.8, 4) is 0 Å². The molecule has 0 atom stereocenters. The van der Waals surface area contributed by atoms with Crippen molar-refractivity contribution in [3.05, 3.63) is 60.2 Å². The molecule has 0 amide bonds. The van der Waals surface area contributed by atoms with Gasteiger partial charge in [-0.1, -0.05) is 42.5 Å². The minimum absolute atomic E-state index is 0.0407.